The Morgan fingerprint density at radius 3 is 2.38 bits per heavy atom. The Morgan fingerprint density at radius 2 is 1.81 bits per heavy atom. The first-order chi connectivity index (χ1) is 15.4. The number of hydrogen-bond donors (Lipinski definition) is 1. The lowest BCUT2D eigenvalue weighted by atomic mass is 9.78. The lowest BCUT2D eigenvalue weighted by Crippen LogP contribution is -2.44. The van der Waals surface area contributed by atoms with Gasteiger partial charge in [-0.25, -0.2) is 4.79 Å². The summed E-state index contributed by atoms with van der Waals surface area (Å²) in [6.45, 7) is 1.41. The van der Waals surface area contributed by atoms with E-state index >= 15 is 0 Å². The highest BCUT2D eigenvalue weighted by Crippen LogP contribution is 2.40. The molecule has 1 fully saturated rings. The van der Waals surface area contributed by atoms with Crippen molar-refractivity contribution < 1.29 is 28.7 Å². The number of nitrogens with zero attached hydrogens (tertiary/aromatic N) is 2. The third-order valence-electron chi connectivity index (χ3n) is 5.47. The van der Waals surface area contributed by atoms with Gasteiger partial charge in [0, 0.05) is 19.0 Å². The molecule has 2 aliphatic rings. The second-order valence-corrected chi connectivity index (χ2v) is 8.30. The molecule has 168 valence electrons. The van der Waals surface area contributed by atoms with Gasteiger partial charge in [-0.05, 0) is 30.5 Å². The molecule has 3 rings (SSSR count). The van der Waals surface area contributed by atoms with Crippen LogP contribution in [0.15, 0.2) is 34.9 Å². The lowest BCUT2D eigenvalue weighted by Gasteiger charge is -2.31. The predicted octanol–water partition coefficient (Wildman–Crippen LogP) is 1.57. The Hall–Kier alpha value is -3.32. The quantitative estimate of drug-likeness (QED) is 0.504. The lowest BCUT2D eigenvalue weighted by molar-refractivity contribution is -0.150. The maximum atomic E-state index is 12.8. The first kappa shape index (κ1) is 23.3. The maximum absolute atomic E-state index is 12.8. The average molecular weight is 458 g/mol. The number of esters is 2. The predicted molar refractivity (Wildman–Crippen MR) is 115 cm³/mol. The van der Waals surface area contributed by atoms with E-state index in [2.05, 4.69) is 11.4 Å². The van der Waals surface area contributed by atoms with E-state index < -0.39 is 29.7 Å². The highest BCUT2D eigenvalue weighted by Gasteiger charge is 2.44. The molecule has 32 heavy (non-hydrogen) atoms. The van der Waals surface area contributed by atoms with Crippen molar-refractivity contribution in [3.63, 3.8) is 0 Å². The number of likely N-dealkylation sites (tertiary alicyclic amines) is 1. The number of rotatable bonds is 6. The van der Waals surface area contributed by atoms with E-state index in [0.717, 1.165) is 24.6 Å². The summed E-state index contributed by atoms with van der Waals surface area (Å²) < 4.78 is 9.50. The molecule has 0 aliphatic carbocycles. The molecule has 2 aliphatic heterocycles. The Bertz CT molecular complexity index is 992. The zero-order chi connectivity index (χ0) is 23.3. The molecule has 1 saturated heterocycles. The minimum atomic E-state index is -1.28. The molecular weight excluding hydrogens is 434 g/mol. The molecule has 0 bridgehead atoms. The van der Waals surface area contributed by atoms with E-state index in [1.807, 2.05) is 0 Å². The van der Waals surface area contributed by atoms with Gasteiger partial charge >= 0.3 is 11.9 Å². The molecule has 2 heterocycles. The normalized spacial score (nSPS) is 20.4. The third kappa shape index (κ3) is 4.78. The van der Waals surface area contributed by atoms with Crippen LogP contribution in [0.4, 0.5) is 0 Å². The molecule has 0 spiro atoms. The van der Waals surface area contributed by atoms with Crippen molar-refractivity contribution in [2.45, 2.75) is 18.8 Å². The highest BCUT2D eigenvalue weighted by molar-refractivity contribution is 8.03. The van der Waals surface area contributed by atoms with Gasteiger partial charge in [-0.1, -0.05) is 23.9 Å². The second kappa shape index (κ2) is 10.3. The van der Waals surface area contributed by atoms with Crippen LogP contribution in [-0.2, 0) is 23.9 Å². The molecule has 10 heteroatoms. The van der Waals surface area contributed by atoms with Gasteiger partial charge < -0.3 is 19.7 Å². The van der Waals surface area contributed by atoms with Gasteiger partial charge in [0.2, 0.25) is 11.8 Å². The number of allylic oxidation sites excluding steroid dienone is 1. The van der Waals surface area contributed by atoms with Gasteiger partial charge in [0.1, 0.15) is 5.92 Å². The molecule has 0 unspecified atom stereocenters. The van der Waals surface area contributed by atoms with Crippen molar-refractivity contribution in [1.29, 1.82) is 5.26 Å². The number of carbonyl (C=O) groups is 4. The summed E-state index contributed by atoms with van der Waals surface area (Å²) in [5.74, 6) is -4.13. The number of nitrogens with one attached hydrogen (secondary N) is 1. The SMILES string of the molecule is COC(=O)c1ccc([C@@H]2C(C#N)=C(SCC(=O)N3CCCC3)NC(=O)[C@H]2C(=O)OC)cc1. The molecule has 9 nitrogen and oxygen atoms in total. The third-order valence-corrected chi connectivity index (χ3v) is 6.48. The molecule has 0 saturated carbocycles. The highest BCUT2D eigenvalue weighted by atomic mass is 32.2. The standard InChI is InChI=1S/C22H23N3O6S/c1-30-21(28)14-7-5-13(6-8-14)17-15(11-23)20(24-19(27)18(17)22(29)31-2)32-12-16(26)25-9-3-4-10-25/h5-8,17-18H,3-4,9-10,12H2,1-2H3,(H,24,27)/t17-,18+/m1/s1. The monoisotopic (exact) mass is 457 g/mol. The topological polar surface area (TPSA) is 126 Å². The van der Waals surface area contributed by atoms with Crippen LogP contribution in [0.3, 0.4) is 0 Å². The van der Waals surface area contributed by atoms with Crippen molar-refractivity contribution in [2.75, 3.05) is 33.1 Å². The Morgan fingerprint density at radius 1 is 1.16 bits per heavy atom. The number of benzene rings is 1. The molecule has 2 atom stereocenters. The van der Waals surface area contributed by atoms with Crippen LogP contribution in [0.25, 0.3) is 0 Å². The van der Waals surface area contributed by atoms with Crippen LogP contribution in [0, 0.1) is 17.2 Å². The van der Waals surface area contributed by atoms with E-state index in [1.165, 1.54) is 26.4 Å². The van der Waals surface area contributed by atoms with Crippen molar-refractivity contribution in [3.05, 3.63) is 46.0 Å². The van der Waals surface area contributed by atoms with Crippen LogP contribution < -0.4 is 5.32 Å². The smallest absolute Gasteiger partial charge is 0.337 e. The number of nitriles is 1. The minimum Gasteiger partial charge on any atom is -0.468 e. The van der Waals surface area contributed by atoms with Crippen molar-refractivity contribution in [2.24, 2.45) is 5.92 Å². The number of thioether (sulfide) groups is 1. The van der Waals surface area contributed by atoms with E-state index in [-0.39, 0.29) is 22.3 Å². The van der Waals surface area contributed by atoms with Crippen LogP contribution in [0.2, 0.25) is 0 Å². The fourth-order valence-corrected chi connectivity index (χ4v) is 4.77. The Kier molecular flexibility index (Phi) is 7.53. The molecule has 2 amide bonds. The maximum Gasteiger partial charge on any atom is 0.337 e. The van der Waals surface area contributed by atoms with Gasteiger partial charge in [-0.3, -0.25) is 14.4 Å². The number of carbonyl (C=O) groups excluding carboxylic acids is 4. The van der Waals surface area contributed by atoms with Crippen molar-refractivity contribution >= 4 is 35.5 Å². The minimum absolute atomic E-state index is 0.0671. The van der Waals surface area contributed by atoms with E-state index in [1.54, 1.807) is 17.0 Å². The molecular formula is C22H23N3O6S. The van der Waals surface area contributed by atoms with Crippen LogP contribution in [0.1, 0.15) is 34.7 Å². The van der Waals surface area contributed by atoms with Crippen LogP contribution in [-0.4, -0.2) is 61.7 Å². The molecule has 0 radical (unpaired) electrons. The summed E-state index contributed by atoms with van der Waals surface area (Å²) in [6.07, 6.45) is 1.92. The van der Waals surface area contributed by atoms with Crippen LogP contribution >= 0.6 is 11.8 Å². The van der Waals surface area contributed by atoms with Gasteiger partial charge in [0.15, 0.2) is 0 Å². The number of ether oxygens (including phenoxy) is 2. The van der Waals surface area contributed by atoms with Gasteiger partial charge in [-0.2, -0.15) is 5.26 Å². The molecule has 1 aromatic carbocycles. The fraction of sp³-hybridized carbons (Fsp3) is 0.409. The fourth-order valence-electron chi connectivity index (χ4n) is 3.82. The summed E-state index contributed by atoms with van der Waals surface area (Å²) in [5.41, 5.74) is 0.938. The largest absolute Gasteiger partial charge is 0.468 e. The molecule has 0 aromatic heterocycles. The van der Waals surface area contributed by atoms with E-state index in [4.69, 9.17) is 9.47 Å². The number of hydrogen-bond acceptors (Lipinski definition) is 8. The van der Waals surface area contributed by atoms with E-state index in [9.17, 15) is 24.4 Å². The second-order valence-electron chi connectivity index (χ2n) is 7.31. The van der Waals surface area contributed by atoms with Gasteiger partial charge in [0.05, 0.1) is 42.2 Å². The van der Waals surface area contributed by atoms with Crippen molar-refractivity contribution in [1.82, 2.24) is 10.2 Å². The number of amides is 2. The molecule has 1 aromatic rings. The van der Waals surface area contributed by atoms with Gasteiger partial charge in [0.25, 0.3) is 0 Å². The Labute approximate surface area is 189 Å². The summed E-state index contributed by atoms with van der Waals surface area (Å²) in [4.78, 5) is 51.2. The summed E-state index contributed by atoms with van der Waals surface area (Å²) in [6, 6.07) is 8.23. The number of methoxy groups -OCH3 is 2. The summed E-state index contributed by atoms with van der Waals surface area (Å²) in [5, 5.41) is 12.8. The van der Waals surface area contributed by atoms with Crippen LogP contribution in [0.5, 0.6) is 0 Å². The van der Waals surface area contributed by atoms with Gasteiger partial charge in [-0.15, -0.1) is 0 Å². The summed E-state index contributed by atoms with van der Waals surface area (Å²) >= 11 is 1.07. The Balaban J connectivity index is 1.95. The average Bonchev–Trinajstić information content (AvgIpc) is 3.36. The molecule has 1 N–H and O–H groups in total. The van der Waals surface area contributed by atoms with E-state index in [0.29, 0.717) is 24.2 Å². The summed E-state index contributed by atoms with van der Waals surface area (Å²) in [7, 11) is 2.43. The van der Waals surface area contributed by atoms with Crippen molar-refractivity contribution in [3.8, 4) is 6.07 Å². The zero-order valence-electron chi connectivity index (χ0n) is 17.8. The first-order valence-electron chi connectivity index (χ1n) is 10.0. The first-order valence-corrected chi connectivity index (χ1v) is 11.0. The zero-order valence-corrected chi connectivity index (χ0v) is 18.6.